The van der Waals surface area contributed by atoms with Gasteiger partial charge in [0.2, 0.25) is 0 Å². The third kappa shape index (κ3) is 5.21. The molecular formula is C27H34N2O3. The van der Waals surface area contributed by atoms with Crippen LogP contribution in [0.25, 0.3) is 5.57 Å². The summed E-state index contributed by atoms with van der Waals surface area (Å²) in [6.07, 6.45) is 4.11. The Morgan fingerprint density at radius 3 is 2.16 bits per heavy atom. The van der Waals surface area contributed by atoms with E-state index in [4.69, 9.17) is 4.74 Å². The van der Waals surface area contributed by atoms with E-state index in [9.17, 15) is 9.59 Å². The van der Waals surface area contributed by atoms with E-state index in [2.05, 4.69) is 6.92 Å². The minimum Gasteiger partial charge on any atom is -0.491 e. The Labute approximate surface area is 191 Å². The number of rotatable bonds is 11. The van der Waals surface area contributed by atoms with Gasteiger partial charge in [-0.15, -0.1) is 0 Å². The summed E-state index contributed by atoms with van der Waals surface area (Å²) in [5.74, 6) is 0.317. The van der Waals surface area contributed by atoms with Crippen molar-refractivity contribution in [3.05, 3.63) is 65.9 Å². The van der Waals surface area contributed by atoms with Gasteiger partial charge < -0.3 is 9.64 Å². The lowest BCUT2D eigenvalue weighted by Gasteiger charge is -2.25. The van der Waals surface area contributed by atoms with Gasteiger partial charge in [-0.25, -0.2) is 0 Å². The normalized spacial score (nSPS) is 14.0. The molecule has 1 heterocycles. The Balaban J connectivity index is 2.01. The second-order valence-corrected chi connectivity index (χ2v) is 8.32. The fourth-order valence-corrected chi connectivity index (χ4v) is 4.02. The first-order valence-corrected chi connectivity index (χ1v) is 11.7. The lowest BCUT2D eigenvalue weighted by molar-refractivity contribution is -0.137. The molecule has 2 aromatic carbocycles. The molecule has 2 amide bonds. The van der Waals surface area contributed by atoms with E-state index in [-0.39, 0.29) is 17.9 Å². The summed E-state index contributed by atoms with van der Waals surface area (Å²) in [4.78, 5) is 30.4. The number of ether oxygens (including phenoxy) is 1. The first kappa shape index (κ1) is 23.6. The number of imide groups is 1. The van der Waals surface area contributed by atoms with Crippen LogP contribution in [0.1, 0.15) is 58.9 Å². The second kappa shape index (κ2) is 11.0. The Morgan fingerprint density at radius 2 is 1.56 bits per heavy atom. The molecule has 0 N–H and O–H groups in total. The highest BCUT2D eigenvalue weighted by Crippen LogP contribution is 2.35. The Bertz CT molecular complexity index is 949. The van der Waals surface area contributed by atoms with Gasteiger partial charge in [0.1, 0.15) is 11.4 Å². The van der Waals surface area contributed by atoms with E-state index < -0.39 is 0 Å². The molecule has 0 unspecified atom stereocenters. The molecule has 0 aromatic heterocycles. The molecular weight excluding hydrogens is 400 g/mol. The first-order chi connectivity index (χ1) is 15.5. The van der Waals surface area contributed by atoms with E-state index in [0.717, 1.165) is 42.7 Å². The fraction of sp³-hybridized carbons (Fsp3) is 0.407. The Kier molecular flexibility index (Phi) is 8.09. The lowest BCUT2D eigenvalue weighted by atomic mass is 10.0. The van der Waals surface area contributed by atoms with Crippen molar-refractivity contribution in [1.82, 2.24) is 4.90 Å². The maximum Gasteiger partial charge on any atom is 0.278 e. The second-order valence-electron chi connectivity index (χ2n) is 8.32. The third-order valence-electron chi connectivity index (χ3n) is 5.55. The molecule has 5 nitrogen and oxygen atoms in total. The van der Waals surface area contributed by atoms with Crippen LogP contribution < -0.4 is 9.64 Å². The monoisotopic (exact) mass is 434 g/mol. The maximum absolute atomic E-state index is 13.5. The van der Waals surface area contributed by atoms with E-state index in [0.29, 0.717) is 24.4 Å². The number of unbranched alkanes of at least 4 members (excludes halogenated alkanes) is 3. The van der Waals surface area contributed by atoms with Crippen molar-refractivity contribution in [3.8, 4) is 5.75 Å². The number of amides is 2. The zero-order valence-electron chi connectivity index (χ0n) is 19.6. The van der Waals surface area contributed by atoms with Gasteiger partial charge in [0.05, 0.1) is 11.7 Å². The van der Waals surface area contributed by atoms with E-state index >= 15 is 0 Å². The number of hydrogen-bond donors (Lipinski definition) is 0. The first-order valence-electron chi connectivity index (χ1n) is 11.7. The maximum atomic E-state index is 13.5. The molecule has 0 aliphatic carbocycles. The zero-order chi connectivity index (χ0) is 23.1. The van der Waals surface area contributed by atoms with Crippen LogP contribution in [0.4, 0.5) is 5.69 Å². The number of carbonyl (C=O) groups is 2. The molecule has 0 fully saturated rings. The fourth-order valence-electron chi connectivity index (χ4n) is 4.02. The smallest absolute Gasteiger partial charge is 0.278 e. The SMILES string of the molecule is CCCCCCN1C(=O)C(c2ccc(OC(C)C)cc2)=C(N(CC)c2ccccc2)C1=O. The van der Waals surface area contributed by atoms with Crippen molar-refractivity contribution in [2.24, 2.45) is 0 Å². The summed E-state index contributed by atoms with van der Waals surface area (Å²) in [5, 5.41) is 0. The number of carbonyl (C=O) groups excluding carboxylic acids is 2. The number of benzene rings is 2. The molecule has 32 heavy (non-hydrogen) atoms. The van der Waals surface area contributed by atoms with Gasteiger partial charge in [0.25, 0.3) is 11.8 Å². The summed E-state index contributed by atoms with van der Waals surface area (Å²) in [6, 6.07) is 17.2. The van der Waals surface area contributed by atoms with Gasteiger partial charge >= 0.3 is 0 Å². The molecule has 2 aromatic rings. The quantitative estimate of drug-likeness (QED) is 0.338. The van der Waals surface area contributed by atoms with Crippen LogP contribution in [0.15, 0.2) is 60.3 Å². The summed E-state index contributed by atoms with van der Waals surface area (Å²) in [5.41, 5.74) is 2.56. The number of nitrogens with zero attached hydrogens (tertiary/aromatic N) is 2. The van der Waals surface area contributed by atoms with Crippen LogP contribution in [0.2, 0.25) is 0 Å². The van der Waals surface area contributed by atoms with Crippen LogP contribution in [0.3, 0.4) is 0 Å². The van der Waals surface area contributed by atoms with Crippen LogP contribution in [-0.2, 0) is 9.59 Å². The highest BCUT2D eigenvalue weighted by molar-refractivity contribution is 6.36. The van der Waals surface area contributed by atoms with Crippen molar-refractivity contribution in [2.45, 2.75) is 59.5 Å². The topological polar surface area (TPSA) is 49.9 Å². The molecule has 170 valence electrons. The van der Waals surface area contributed by atoms with E-state index in [1.165, 1.54) is 4.90 Å². The molecule has 0 atom stereocenters. The van der Waals surface area contributed by atoms with Gasteiger partial charge in [-0.05, 0) is 57.0 Å². The van der Waals surface area contributed by atoms with E-state index in [1.807, 2.05) is 80.3 Å². The molecule has 1 aliphatic rings. The summed E-state index contributed by atoms with van der Waals surface area (Å²) >= 11 is 0. The predicted octanol–water partition coefficient (Wildman–Crippen LogP) is 5.66. The van der Waals surface area contributed by atoms with Crippen LogP contribution >= 0.6 is 0 Å². The average Bonchev–Trinajstić information content (AvgIpc) is 3.03. The minimum atomic E-state index is -0.214. The zero-order valence-corrected chi connectivity index (χ0v) is 19.6. The van der Waals surface area contributed by atoms with Crippen molar-refractivity contribution in [1.29, 1.82) is 0 Å². The van der Waals surface area contributed by atoms with Gasteiger partial charge in [-0.3, -0.25) is 14.5 Å². The van der Waals surface area contributed by atoms with Gasteiger partial charge in [-0.1, -0.05) is 56.5 Å². The Morgan fingerprint density at radius 1 is 0.875 bits per heavy atom. The van der Waals surface area contributed by atoms with Crippen molar-refractivity contribution in [2.75, 3.05) is 18.0 Å². The number of likely N-dealkylation sites (N-methyl/N-ethyl adjacent to an activating group) is 1. The third-order valence-corrected chi connectivity index (χ3v) is 5.55. The standard InChI is InChI=1S/C27H34N2O3/c1-5-7-8-12-19-29-26(30)24(21-15-17-23(18-16-21)32-20(3)4)25(27(29)31)28(6-2)22-13-10-9-11-14-22/h9-11,13-18,20H,5-8,12,19H2,1-4H3. The van der Waals surface area contributed by atoms with Gasteiger partial charge in [-0.2, -0.15) is 0 Å². The summed E-state index contributed by atoms with van der Waals surface area (Å²) in [6.45, 7) is 9.13. The number of anilines is 1. The summed E-state index contributed by atoms with van der Waals surface area (Å²) < 4.78 is 5.75. The lowest BCUT2D eigenvalue weighted by Crippen LogP contribution is -2.36. The van der Waals surface area contributed by atoms with Crippen molar-refractivity contribution >= 4 is 23.1 Å². The highest BCUT2D eigenvalue weighted by atomic mass is 16.5. The molecule has 3 rings (SSSR count). The number of para-hydroxylation sites is 1. The van der Waals surface area contributed by atoms with Gasteiger partial charge in [0.15, 0.2) is 0 Å². The molecule has 0 spiro atoms. The molecule has 5 heteroatoms. The molecule has 0 saturated carbocycles. The number of hydrogen-bond acceptors (Lipinski definition) is 4. The van der Waals surface area contributed by atoms with Crippen LogP contribution in [0.5, 0.6) is 5.75 Å². The Hall–Kier alpha value is -3.08. The molecule has 0 bridgehead atoms. The molecule has 1 aliphatic heterocycles. The summed E-state index contributed by atoms with van der Waals surface area (Å²) in [7, 11) is 0. The van der Waals surface area contributed by atoms with Crippen molar-refractivity contribution < 1.29 is 14.3 Å². The van der Waals surface area contributed by atoms with Crippen molar-refractivity contribution in [3.63, 3.8) is 0 Å². The molecule has 0 radical (unpaired) electrons. The highest BCUT2D eigenvalue weighted by Gasteiger charge is 2.41. The van der Waals surface area contributed by atoms with E-state index in [1.54, 1.807) is 0 Å². The van der Waals surface area contributed by atoms with Crippen LogP contribution in [0, 0.1) is 0 Å². The van der Waals surface area contributed by atoms with Crippen LogP contribution in [-0.4, -0.2) is 35.9 Å². The predicted molar refractivity (Wildman–Crippen MR) is 129 cm³/mol. The van der Waals surface area contributed by atoms with Gasteiger partial charge in [0, 0.05) is 18.8 Å². The molecule has 0 saturated heterocycles. The largest absolute Gasteiger partial charge is 0.491 e. The minimum absolute atomic E-state index is 0.0672. The average molecular weight is 435 g/mol.